The predicted octanol–water partition coefficient (Wildman–Crippen LogP) is 8.48. The topological polar surface area (TPSA) is 170 Å². The van der Waals surface area contributed by atoms with Crippen LogP contribution in [0.25, 0.3) is 0 Å². The van der Waals surface area contributed by atoms with Gasteiger partial charge in [-0.2, -0.15) is 18.6 Å². The van der Waals surface area contributed by atoms with Gasteiger partial charge in [0.15, 0.2) is 21.5 Å². The van der Waals surface area contributed by atoms with Gasteiger partial charge in [-0.1, -0.05) is 79.0 Å². The van der Waals surface area contributed by atoms with E-state index in [1.807, 2.05) is 98.7 Å². The van der Waals surface area contributed by atoms with Crippen molar-refractivity contribution in [3.8, 4) is 23.0 Å². The van der Waals surface area contributed by atoms with Gasteiger partial charge in [-0.3, -0.25) is 13.8 Å². The summed E-state index contributed by atoms with van der Waals surface area (Å²) in [5.41, 5.74) is 0.930. The average Bonchev–Trinajstić information content (AvgIpc) is 3.23. The Kier molecular flexibility index (Phi) is 17.6. The first kappa shape index (κ1) is 49.7. The maximum absolute atomic E-state index is 12.5. The molecule has 0 aliphatic heterocycles. The minimum absolute atomic E-state index is 0.0172. The van der Waals surface area contributed by atoms with E-state index in [0.29, 0.717) is 17.9 Å². The molecular formula is C45H56Cl2N4O10S. The van der Waals surface area contributed by atoms with Gasteiger partial charge in [0.25, 0.3) is 21.2 Å². The summed E-state index contributed by atoms with van der Waals surface area (Å²) in [5, 5.41) is 17.5. The van der Waals surface area contributed by atoms with E-state index in [0.717, 1.165) is 23.1 Å². The lowest BCUT2D eigenvalue weighted by molar-refractivity contribution is 0.112. The third-order valence-electron chi connectivity index (χ3n) is 9.12. The van der Waals surface area contributed by atoms with Gasteiger partial charge in [0.1, 0.15) is 43.5 Å². The summed E-state index contributed by atoms with van der Waals surface area (Å²) in [6, 6.07) is 21.0. The number of rotatable bonds is 17. The van der Waals surface area contributed by atoms with Crippen LogP contribution in [0.5, 0.6) is 23.0 Å². The zero-order valence-corrected chi connectivity index (χ0v) is 38.9. The number of hydrogen-bond donors (Lipinski definition) is 1. The Balaban J connectivity index is 0.000000287. The Morgan fingerprint density at radius 1 is 0.661 bits per heavy atom. The molecule has 2 atom stereocenters. The molecule has 336 valence electrons. The van der Waals surface area contributed by atoms with E-state index in [2.05, 4.69) is 10.2 Å². The fourth-order valence-corrected chi connectivity index (χ4v) is 6.75. The monoisotopic (exact) mass is 914 g/mol. The summed E-state index contributed by atoms with van der Waals surface area (Å²) < 4.78 is 55.6. The lowest BCUT2D eigenvalue weighted by atomic mass is 10.1. The Labute approximate surface area is 373 Å². The quantitative estimate of drug-likeness (QED) is 0.0885. The smallest absolute Gasteiger partial charge is 0.297 e. The second kappa shape index (κ2) is 21.9. The van der Waals surface area contributed by atoms with Crippen LogP contribution in [0.15, 0.2) is 99.7 Å². The molecule has 2 unspecified atom stereocenters. The van der Waals surface area contributed by atoms with E-state index in [9.17, 15) is 23.1 Å². The van der Waals surface area contributed by atoms with Gasteiger partial charge in [0.2, 0.25) is 0 Å². The predicted molar refractivity (Wildman–Crippen MR) is 239 cm³/mol. The highest BCUT2D eigenvalue weighted by Crippen LogP contribution is 2.25. The summed E-state index contributed by atoms with van der Waals surface area (Å²) in [6.07, 6.45) is 3.51. The van der Waals surface area contributed by atoms with E-state index in [4.69, 9.17) is 46.3 Å². The molecule has 0 bridgehead atoms. The maximum atomic E-state index is 12.5. The number of benzene rings is 3. The van der Waals surface area contributed by atoms with Gasteiger partial charge in [-0.15, -0.1) is 0 Å². The van der Waals surface area contributed by atoms with E-state index >= 15 is 0 Å². The number of aromatic nitrogens is 4. The van der Waals surface area contributed by atoms with Gasteiger partial charge >= 0.3 is 0 Å². The summed E-state index contributed by atoms with van der Waals surface area (Å²) in [7, 11) is -3.87. The molecule has 0 fully saturated rings. The molecule has 0 amide bonds. The van der Waals surface area contributed by atoms with E-state index in [1.165, 1.54) is 33.9 Å². The summed E-state index contributed by atoms with van der Waals surface area (Å²) in [6.45, 7) is 17.2. The third-order valence-corrected chi connectivity index (χ3v) is 11.1. The normalized spacial score (nSPS) is 12.8. The molecule has 0 saturated heterocycles. The number of aliphatic hydroxyl groups is 1. The molecule has 0 aliphatic rings. The number of hydrogen-bond acceptors (Lipinski definition) is 12. The third kappa shape index (κ3) is 14.0. The summed E-state index contributed by atoms with van der Waals surface area (Å²) >= 11 is 12.3. The van der Waals surface area contributed by atoms with Gasteiger partial charge in [-0.25, -0.2) is 9.36 Å². The van der Waals surface area contributed by atoms with Crippen LogP contribution in [0.4, 0.5) is 0 Å². The number of aryl methyl sites for hydroxylation is 1. The zero-order chi connectivity index (χ0) is 45.8. The van der Waals surface area contributed by atoms with Crippen molar-refractivity contribution in [3.63, 3.8) is 0 Å². The SMILES string of the molecule is CCC(CO)Oc1ccc(COc2cnn(C(C)(C)C)c(=O)c2Cl)cc1.CCC(COS(=O)(=O)c1ccc(C)cc1)Oc1ccc(COc2cnn(C(C)(C)C)c(=O)c2Cl)cc1. The molecular weight excluding hydrogens is 859 g/mol. The number of halogens is 2. The lowest BCUT2D eigenvalue weighted by Gasteiger charge is -2.21. The van der Waals surface area contributed by atoms with Crippen LogP contribution >= 0.6 is 23.2 Å². The summed E-state index contributed by atoms with van der Waals surface area (Å²) in [5.74, 6) is 1.71. The molecule has 2 heterocycles. The Hall–Kier alpha value is -4.93. The van der Waals surface area contributed by atoms with Crippen molar-refractivity contribution in [2.75, 3.05) is 13.2 Å². The van der Waals surface area contributed by atoms with Crippen LogP contribution in [0.1, 0.15) is 84.9 Å². The van der Waals surface area contributed by atoms with Crippen LogP contribution in [-0.4, -0.2) is 58.5 Å². The van der Waals surface area contributed by atoms with Crippen molar-refractivity contribution >= 4 is 33.3 Å². The van der Waals surface area contributed by atoms with Gasteiger partial charge < -0.3 is 24.1 Å². The Morgan fingerprint density at radius 2 is 1.06 bits per heavy atom. The molecule has 1 N–H and O–H groups in total. The number of nitrogens with zero attached hydrogens (tertiary/aromatic N) is 4. The summed E-state index contributed by atoms with van der Waals surface area (Å²) in [4.78, 5) is 24.9. The minimum Gasteiger partial charge on any atom is -0.488 e. The van der Waals surface area contributed by atoms with E-state index < -0.39 is 32.9 Å². The van der Waals surface area contributed by atoms with Crippen LogP contribution < -0.4 is 30.1 Å². The molecule has 5 aromatic rings. The molecule has 5 rings (SSSR count). The second-order valence-corrected chi connectivity index (χ2v) is 18.7. The first-order valence-electron chi connectivity index (χ1n) is 20.1. The fraction of sp³-hybridized carbons (Fsp3) is 0.422. The van der Waals surface area contributed by atoms with Gasteiger partial charge in [0.05, 0.1) is 35.0 Å². The van der Waals surface area contributed by atoms with Crippen molar-refractivity contribution in [1.82, 2.24) is 19.6 Å². The van der Waals surface area contributed by atoms with Gasteiger partial charge in [-0.05, 0) is 109 Å². The molecule has 0 aliphatic carbocycles. The highest BCUT2D eigenvalue weighted by atomic mass is 35.5. The van der Waals surface area contributed by atoms with Crippen molar-refractivity contribution in [2.45, 2.75) is 117 Å². The highest BCUT2D eigenvalue weighted by molar-refractivity contribution is 7.86. The van der Waals surface area contributed by atoms with Crippen LogP contribution in [-0.2, 0) is 38.6 Å². The molecule has 0 spiro atoms. The molecule has 14 nitrogen and oxygen atoms in total. The van der Waals surface area contributed by atoms with Gasteiger partial charge in [0, 0.05) is 0 Å². The lowest BCUT2D eigenvalue weighted by Crippen LogP contribution is -2.36. The number of aliphatic hydroxyl groups excluding tert-OH is 1. The van der Waals surface area contributed by atoms with Crippen LogP contribution in [0.2, 0.25) is 10.0 Å². The minimum atomic E-state index is -3.87. The second-order valence-electron chi connectivity index (χ2n) is 16.3. The molecule has 0 radical (unpaired) electrons. The van der Waals surface area contributed by atoms with Crippen LogP contribution in [0, 0.1) is 6.92 Å². The van der Waals surface area contributed by atoms with Crippen molar-refractivity contribution in [3.05, 3.63) is 133 Å². The molecule has 2 aromatic heterocycles. The Bertz CT molecular complexity index is 2440. The maximum Gasteiger partial charge on any atom is 0.297 e. The molecule has 3 aromatic carbocycles. The average molecular weight is 916 g/mol. The first-order valence-corrected chi connectivity index (χ1v) is 22.2. The molecule has 17 heteroatoms. The van der Waals surface area contributed by atoms with Crippen molar-refractivity contribution in [2.24, 2.45) is 0 Å². The molecule has 0 saturated carbocycles. The van der Waals surface area contributed by atoms with Crippen molar-refractivity contribution in [1.29, 1.82) is 0 Å². The highest BCUT2D eigenvalue weighted by Gasteiger charge is 2.22. The fourth-order valence-electron chi connectivity index (χ4n) is 5.45. The van der Waals surface area contributed by atoms with Crippen LogP contribution in [0.3, 0.4) is 0 Å². The Morgan fingerprint density at radius 3 is 1.44 bits per heavy atom. The largest absolute Gasteiger partial charge is 0.488 e. The van der Waals surface area contributed by atoms with Crippen molar-refractivity contribution < 1.29 is 36.7 Å². The zero-order valence-electron chi connectivity index (χ0n) is 36.6. The van der Waals surface area contributed by atoms with E-state index in [-0.39, 0.29) is 64.5 Å². The molecule has 62 heavy (non-hydrogen) atoms. The first-order chi connectivity index (χ1) is 29.2. The number of ether oxygens (including phenoxy) is 4. The standard InChI is InChI=1S/C26H31ClN2O6S.C19H25ClN2O4/c1-6-20(17-34-36(31,32)22-13-7-18(2)8-14-22)35-21-11-9-19(10-12-21)16-33-23-15-28-29(26(3,4)5)25(30)24(23)27;1-5-14(11-23)26-15-8-6-13(7-9-15)12-25-16-10-21-22(19(2,3)4)18(24)17(16)20/h7-15,20H,6,16-17H2,1-5H3;6-10,14,23H,5,11-12H2,1-4H3. The van der Waals surface area contributed by atoms with E-state index in [1.54, 1.807) is 24.3 Å².